The number of Topliss-reactive ketones (excluding diaryl/α,β-unsaturated/α-hetero) is 2. The maximum Gasteiger partial charge on any atom is 0.195 e. The van der Waals surface area contributed by atoms with Crippen molar-refractivity contribution in [3.63, 3.8) is 0 Å². The van der Waals surface area contributed by atoms with Gasteiger partial charge in [-0.15, -0.1) is 34.0 Å². The molecule has 3 heterocycles. The third kappa shape index (κ3) is 6.06. The molecule has 0 radical (unpaired) electrons. The van der Waals surface area contributed by atoms with Gasteiger partial charge in [0.25, 0.3) is 0 Å². The van der Waals surface area contributed by atoms with E-state index in [4.69, 9.17) is 0 Å². The smallest absolute Gasteiger partial charge is 0.195 e. The number of benzene rings is 4. The van der Waals surface area contributed by atoms with Crippen LogP contribution in [0.3, 0.4) is 0 Å². The summed E-state index contributed by atoms with van der Waals surface area (Å²) < 4.78 is 6.40. The summed E-state index contributed by atoms with van der Waals surface area (Å²) in [6, 6.07) is 51.3. The Balaban J connectivity index is 1.40. The minimum atomic E-state index is 0.0173. The number of ketones is 2. The fourth-order valence-electron chi connectivity index (χ4n) is 5.26. The molecule has 0 saturated carbocycles. The van der Waals surface area contributed by atoms with Crippen molar-refractivity contribution in [1.29, 1.82) is 0 Å². The van der Waals surface area contributed by atoms with Crippen molar-refractivity contribution in [1.82, 2.24) is 0 Å². The van der Waals surface area contributed by atoms with Crippen molar-refractivity contribution < 1.29 is 9.59 Å². The van der Waals surface area contributed by atoms with Gasteiger partial charge in [-0.25, -0.2) is 0 Å². The Hall–Kier alpha value is -4.94. The molecule has 3 aromatic heterocycles. The molecular weight excluding hydrogens is 609 g/mol. The first kappa shape index (κ1) is 28.8. The number of carbonyl (C=O) groups excluding carboxylic acids is 2. The molecule has 0 aliphatic carbocycles. The largest absolute Gasteiger partial charge is 0.289 e. The summed E-state index contributed by atoms with van der Waals surface area (Å²) in [5.74, 6) is 0.0346. The third-order valence-corrected chi connectivity index (χ3v) is 11.1. The number of thiophene rings is 3. The summed E-state index contributed by atoms with van der Waals surface area (Å²) >= 11 is 5.00. The van der Waals surface area contributed by atoms with Gasteiger partial charge in [-0.2, -0.15) is 0 Å². The lowest BCUT2D eigenvalue weighted by molar-refractivity contribution is 0.104. The SMILES string of the molecule is O=C(/C(c1ccccc1)=c1/cc/c(=c2\cc/c(=c3\cc/c(=C(\C(=O)c4ccccc4)c4ccccc4)s3)s2)s1)c1ccccc1. The maximum absolute atomic E-state index is 13.7. The predicted octanol–water partition coefficient (Wildman–Crippen LogP) is 8.61. The Kier molecular flexibility index (Phi) is 8.30. The van der Waals surface area contributed by atoms with Gasteiger partial charge < -0.3 is 0 Å². The Bertz CT molecular complexity index is 2270. The molecule has 0 spiro atoms. The molecule has 45 heavy (non-hydrogen) atoms. The van der Waals surface area contributed by atoms with Crippen LogP contribution in [0.4, 0.5) is 0 Å². The van der Waals surface area contributed by atoms with Gasteiger partial charge in [0.1, 0.15) is 0 Å². The van der Waals surface area contributed by atoms with Gasteiger partial charge in [-0.3, -0.25) is 9.59 Å². The van der Waals surface area contributed by atoms with E-state index in [1.54, 1.807) is 34.0 Å². The zero-order valence-electron chi connectivity index (χ0n) is 24.1. The molecule has 4 aromatic carbocycles. The van der Waals surface area contributed by atoms with Gasteiger partial charge in [0, 0.05) is 49.5 Å². The van der Waals surface area contributed by atoms with E-state index in [2.05, 4.69) is 36.4 Å². The molecule has 0 unspecified atom stereocenters. The molecule has 0 amide bonds. The quantitative estimate of drug-likeness (QED) is 0.172. The van der Waals surface area contributed by atoms with Gasteiger partial charge in [-0.1, -0.05) is 121 Å². The number of rotatable bonds is 6. The molecule has 0 N–H and O–H groups in total. The van der Waals surface area contributed by atoms with Crippen LogP contribution < -0.4 is 9.06 Å². The third-order valence-electron chi connectivity index (χ3n) is 7.45. The van der Waals surface area contributed by atoms with Crippen LogP contribution in [0.25, 0.3) is 11.1 Å². The Morgan fingerprint density at radius 2 is 0.600 bits per heavy atom. The second-order valence-electron chi connectivity index (χ2n) is 10.4. The first-order valence-electron chi connectivity index (χ1n) is 14.5. The summed E-state index contributed by atoms with van der Waals surface area (Å²) in [6.45, 7) is 0. The fourth-order valence-corrected chi connectivity index (χ4v) is 8.59. The van der Waals surface area contributed by atoms with Crippen molar-refractivity contribution in [2.24, 2.45) is 0 Å². The molecule has 2 nitrogen and oxygen atoms in total. The lowest BCUT2D eigenvalue weighted by Crippen LogP contribution is -2.12. The van der Waals surface area contributed by atoms with Gasteiger partial charge in [0.2, 0.25) is 0 Å². The monoisotopic (exact) mass is 634 g/mol. The maximum atomic E-state index is 13.7. The molecule has 7 aromatic rings. The van der Waals surface area contributed by atoms with Crippen LogP contribution in [-0.2, 0) is 0 Å². The number of hydrogen-bond acceptors (Lipinski definition) is 5. The van der Waals surface area contributed by atoms with E-state index in [9.17, 15) is 9.59 Å². The van der Waals surface area contributed by atoms with Crippen LogP contribution in [0.5, 0.6) is 0 Å². The van der Waals surface area contributed by atoms with E-state index < -0.39 is 0 Å². The lowest BCUT2D eigenvalue weighted by atomic mass is 9.97. The van der Waals surface area contributed by atoms with Crippen molar-refractivity contribution >= 4 is 56.7 Å². The average Bonchev–Trinajstić information content (AvgIpc) is 3.89. The average molecular weight is 635 g/mol. The van der Waals surface area contributed by atoms with Crippen molar-refractivity contribution in [3.8, 4) is 0 Å². The van der Waals surface area contributed by atoms with Crippen LogP contribution in [0.15, 0.2) is 158 Å². The summed E-state index contributed by atoms with van der Waals surface area (Å²) in [5.41, 5.74) is 4.60. The Morgan fingerprint density at radius 3 is 0.956 bits per heavy atom. The summed E-state index contributed by atoms with van der Waals surface area (Å²) in [7, 11) is 0. The van der Waals surface area contributed by atoms with Crippen LogP contribution >= 0.6 is 34.0 Å². The highest BCUT2D eigenvalue weighted by molar-refractivity contribution is 7.13. The molecule has 5 heteroatoms. The van der Waals surface area contributed by atoms with E-state index in [-0.39, 0.29) is 11.6 Å². The predicted molar refractivity (Wildman–Crippen MR) is 187 cm³/mol. The van der Waals surface area contributed by atoms with Crippen LogP contribution in [0, 0.1) is 18.1 Å². The minimum Gasteiger partial charge on any atom is -0.289 e. The van der Waals surface area contributed by atoms with Crippen molar-refractivity contribution in [2.75, 3.05) is 0 Å². The zero-order chi connectivity index (χ0) is 30.6. The molecule has 0 fully saturated rings. The molecule has 0 saturated heterocycles. The van der Waals surface area contributed by atoms with Crippen LogP contribution in [0.2, 0.25) is 0 Å². The molecule has 7 rings (SSSR count). The summed E-state index contributed by atoms with van der Waals surface area (Å²) in [6.07, 6.45) is 0. The Labute approximate surface area is 272 Å². The molecular formula is C40H26O2S3. The molecule has 0 bridgehead atoms. The highest BCUT2D eigenvalue weighted by Crippen LogP contribution is 2.21. The second kappa shape index (κ2) is 13.0. The van der Waals surface area contributed by atoms with E-state index in [0.717, 1.165) is 38.3 Å². The van der Waals surface area contributed by atoms with Gasteiger partial charge >= 0.3 is 0 Å². The zero-order valence-corrected chi connectivity index (χ0v) is 26.5. The normalized spacial score (nSPS) is 14.0. The van der Waals surface area contributed by atoms with Gasteiger partial charge in [-0.05, 0) is 47.5 Å². The van der Waals surface area contributed by atoms with Crippen LogP contribution in [-0.4, -0.2) is 11.6 Å². The topological polar surface area (TPSA) is 34.1 Å². The molecule has 0 atom stereocenters. The minimum absolute atomic E-state index is 0.0173. The highest BCUT2D eigenvalue weighted by Gasteiger charge is 2.17. The number of carbonyl (C=O) groups is 2. The second-order valence-corrected chi connectivity index (χ2v) is 13.6. The van der Waals surface area contributed by atoms with Crippen molar-refractivity contribution in [3.05, 3.63) is 207 Å². The Morgan fingerprint density at radius 1 is 0.311 bits per heavy atom. The van der Waals surface area contributed by atoms with E-state index in [1.807, 2.05) is 121 Å². The first-order chi connectivity index (χ1) is 22.2. The van der Waals surface area contributed by atoms with Gasteiger partial charge in [0.15, 0.2) is 11.6 Å². The van der Waals surface area contributed by atoms with E-state index in [1.165, 1.54) is 0 Å². The number of hydrogen-bond donors (Lipinski definition) is 0. The summed E-state index contributed by atoms with van der Waals surface area (Å²) in [4.78, 5) is 27.5. The van der Waals surface area contributed by atoms with Gasteiger partial charge in [0.05, 0.1) is 0 Å². The van der Waals surface area contributed by atoms with E-state index in [0.29, 0.717) is 22.3 Å². The molecule has 0 aliphatic heterocycles. The van der Waals surface area contributed by atoms with Crippen LogP contribution in [0.1, 0.15) is 31.8 Å². The standard InChI is InChI=1S/C40H26O2S3/c41-39(29-17-9-3-10-18-29)37(27-13-5-1-6-14-27)35-25-23-33(44-35)31-21-22-32(43-31)34-24-26-36(45-34)38(28-15-7-2-8-16-28)40(42)30-19-11-4-12-20-30/h1-26H/b33-31-,34-32-,37-35-,38-36+. The molecule has 216 valence electrons. The molecule has 0 aliphatic rings. The highest BCUT2D eigenvalue weighted by atomic mass is 32.1. The summed E-state index contributed by atoms with van der Waals surface area (Å²) in [5, 5.41) is 0. The van der Waals surface area contributed by atoms with E-state index >= 15 is 0 Å². The fraction of sp³-hybridized carbons (Fsp3) is 0. The lowest BCUT2D eigenvalue weighted by Gasteiger charge is -2.06. The van der Waals surface area contributed by atoms with Crippen molar-refractivity contribution in [2.45, 2.75) is 0 Å². The first-order valence-corrected chi connectivity index (χ1v) is 17.0.